The Kier molecular flexibility index (Phi) is 7.41. The Morgan fingerprint density at radius 3 is 2.48 bits per heavy atom. The first-order valence-electron chi connectivity index (χ1n) is 8.30. The molecular weight excluding hydrogens is 256 g/mol. The van der Waals surface area contributed by atoms with Crippen LogP contribution in [0, 0.1) is 18.3 Å². The third-order valence-corrected chi connectivity index (χ3v) is 4.31. The summed E-state index contributed by atoms with van der Waals surface area (Å²) in [6, 6.07) is 8.70. The Morgan fingerprint density at radius 2 is 1.90 bits per heavy atom. The van der Waals surface area contributed by atoms with Crippen LogP contribution in [-0.4, -0.2) is 31.6 Å². The van der Waals surface area contributed by atoms with Gasteiger partial charge in [-0.15, -0.1) is 0 Å². The highest BCUT2D eigenvalue weighted by atomic mass is 15.1. The lowest BCUT2D eigenvalue weighted by Crippen LogP contribution is -2.41. The molecule has 1 rings (SSSR count). The van der Waals surface area contributed by atoms with Crippen molar-refractivity contribution in [1.29, 1.82) is 0 Å². The van der Waals surface area contributed by atoms with E-state index in [1.165, 1.54) is 17.5 Å². The molecule has 1 aromatic carbocycles. The summed E-state index contributed by atoms with van der Waals surface area (Å²) >= 11 is 0. The van der Waals surface area contributed by atoms with E-state index in [-0.39, 0.29) is 0 Å². The number of benzene rings is 1. The van der Waals surface area contributed by atoms with E-state index in [1.54, 1.807) is 0 Å². The van der Waals surface area contributed by atoms with E-state index < -0.39 is 0 Å². The van der Waals surface area contributed by atoms with Crippen LogP contribution in [0.15, 0.2) is 24.3 Å². The van der Waals surface area contributed by atoms with E-state index >= 15 is 0 Å². The summed E-state index contributed by atoms with van der Waals surface area (Å²) in [7, 11) is 2.24. The van der Waals surface area contributed by atoms with Crippen LogP contribution in [0.25, 0.3) is 0 Å². The summed E-state index contributed by atoms with van der Waals surface area (Å²) in [6.45, 7) is 15.8. The van der Waals surface area contributed by atoms with Gasteiger partial charge < -0.3 is 10.2 Å². The standard InChI is InChI=1S/C19H34N2/c1-7-19(5,14-20-12-16(2)3)15-21(6)13-18-11-9-8-10-17(18)4/h8-11,16,20H,7,12-15H2,1-6H3. The molecule has 0 aromatic heterocycles. The quantitative estimate of drug-likeness (QED) is 0.737. The maximum Gasteiger partial charge on any atom is 0.0233 e. The average Bonchev–Trinajstić information content (AvgIpc) is 2.41. The van der Waals surface area contributed by atoms with Crippen LogP contribution in [0.4, 0.5) is 0 Å². The molecule has 0 aliphatic carbocycles. The zero-order valence-corrected chi connectivity index (χ0v) is 14.9. The van der Waals surface area contributed by atoms with Crippen molar-refractivity contribution in [2.45, 2.75) is 47.6 Å². The molecule has 0 fully saturated rings. The Bertz CT molecular complexity index is 414. The zero-order chi connectivity index (χ0) is 15.9. The number of nitrogens with one attached hydrogen (secondary N) is 1. The average molecular weight is 290 g/mol. The fourth-order valence-corrected chi connectivity index (χ4v) is 2.74. The van der Waals surface area contributed by atoms with Crippen LogP contribution in [-0.2, 0) is 6.54 Å². The SMILES string of the molecule is CCC(C)(CNCC(C)C)CN(C)Cc1ccccc1C. The number of aryl methyl sites for hydroxylation is 1. The Hall–Kier alpha value is -0.860. The number of nitrogens with zero attached hydrogens (tertiary/aromatic N) is 1. The van der Waals surface area contributed by atoms with Gasteiger partial charge in [-0.05, 0) is 49.4 Å². The van der Waals surface area contributed by atoms with Gasteiger partial charge in [0.05, 0.1) is 0 Å². The van der Waals surface area contributed by atoms with Crippen LogP contribution >= 0.6 is 0 Å². The Balaban J connectivity index is 2.53. The highest BCUT2D eigenvalue weighted by molar-refractivity contribution is 5.25. The van der Waals surface area contributed by atoms with E-state index in [0.717, 1.165) is 32.1 Å². The molecule has 0 saturated carbocycles. The van der Waals surface area contributed by atoms with E-state index in [9.17, 15) is 0 Å². The van der Waals surface area contributed by atoms with Crippen molar-refractivity contribution in [2.24, 2.45) is 11.3 Å². The molecule has 1 unspecified atom stereocenters. The van der Waals surface area contributed by atoms with Crippen LogP contribution in [0.5, 0.6) is 0 Å². The summed E-state index contributed by atoms with van der Waals surface area (Å²) in [5, 5.41) is 3.63. The highest BCUT2D eigenvalue weighted by Gasteiger charge is 2.23. The van der Waals surface area contributed by atoms with Crippen molar-refractivity contribution in [3.63, 3.8) is 0 Å². The molecule has 0 amide bonds. The molecule has 2 nitrogen and oxygen atoms in total. The lowest BCUT2D eigenvalue weighted by molar-refractivity contribution is 0.173. The fraction of sp³-hybridized carbons (Fsp3) is 0.684. The molecule has 0 radical (unpaired) electrons. The first-order chi connectivity index (χ1) is 9.86. The van der Waals surface area contributed by atoms with Crippen molar-refractivity contribution >= 4 is 0 Å². The van der Waals surface area contributed by atoms with Crippen molar-refractivity contribution in [1.82, 2.24) is 10.2 Å². The minimum absolute atomic E-state index is 0.340. The first kappa shape index (κ1) is 18.2. The van der Waals surface area contributed by atoms with E-state index in [4.69, 9.17) is 0 Å². The predicted octanol–water partition coefficient (Wildman–Crippen LogP) is 4.09. The lowest BCUT2D eigenvalue weighted by atomic mass is 9.86. The first-order valence-corrected chi connectivity index (χ1v) is 8.30. The second kappa shape index (κ2) is 8.55. The Morgan fingerprint density at radius 1 is 1.24 bits per heavy atom. The predicted molar refractivity (Wildman–Crippen MR) is 93.6 cm³/mol. The molecule has 0 aliphatic rings. The molecule has 21 heavy (non-hydrogen) atoms. The summed E-state index contributed by atoms with van der Waals surface area (Å²) in [6.07, 6.45) is 1.20. The second-order valence-corrected chi connectivity index (χ2v) is 7.29. The van der Waals surface area contributed by atoms with Crippen molar-refractivity contribution < 1.29 is 0 Å². The highest BCUT2D eigenvalue weighted by Crippen LogP contribution is 2.22. The van der Waals surface area contributed by atoms with Crippen molar-refractivity contribution in [2.75, 3.05) is 26.7 Å². The van der Waals surface area contributed by atoms with Gasteiger partial charge in [0.25, 0.3) is 0 Å². The number of hydrogen-bond acceptors (Lipinski definition) is 2. The molecule has 0 saturated heterocycles. The largest absolute Gasteiger partial charge is 0.316 e. The van der Waals surface area contributed by atoms with Crippen LogP contribution in [0.2, 0.25) is 0 Å². The molecule has 0 heterocycles. The van der Waals surface area contributed by atoms with E-state index in [1.807, 2.05) is 0 Å². The van der Waals surface area contributed by atoms with Gasteiger partial charge in [-0.2, -0.15) is 0 Å². The number of hydrogen-bond donors (Lipinski definition) is 1. The van der Waals surface area contributed by atoms with Gasteiger partial charge in [-0.1, -0.05) is 52.0 Å². The molecule has 1 atom stereocenters. The van der Waals surface area contributed by atoms with Crippen molar-refractivity contribution in [3.8, 4) is 0 Å². The van der Waals surface area contributed by atoms with Crippen LogP contribution < -0.4 is 5.32 Å². The molecule has 0 spiro atoms. The topological polar surface area (TPSA) is 15.3 Å². The van der Waals surface area contributed by atoms with Gasteiger partial charge in [0.2, 0.25) is 0 Å². The van der Waals surface area contributed by atoms with Crippen molar-refractivity contribution in [3.05, 3.63) is 35.4 Å². The van der Waals surface area contributed by atoms with E-state index in [0.29, 0.717) is 5.41 Å². The molecule has 1 N–H and O–H groups in total. The van der Waals surface area contributed by atoms with Gasteiger partial charge in [-0.25, -0.2) is 0 Å². The van der Waals surface area contributed by atoms with Gasteiger partial charge in [0, 0.05) is 19.6 Å². The number of rotatable bonds is 9. The smallest absolute Gasteiger partial charge is 0.0233 e. The third kappa shape index (κ3) is 6.62. The van der Waals surface area contributed by atoms with E-state index in [2.05, 4.69) is 76.1 Å². The van der Waals surface area contributed by atoms with Crippen LogP contribution in [0.1, 0.15) is 45.2 Å². The molecule has 120 valence electrons. The van der Waals surface area contributed by atoms with Gasteiger partial charge in [-0.3, -0.25) is 0 Å². The summed E-state index contributed by atoms with van der Waals surface area (Å²) < 4.78 is 0. The summed E-state index contributed by atoms with van der Waals surface area (Å²) in [5.41, 5.74) is 3.17. The third-order valence-electron chi connectivity index (χ3n) is 4.31. The Labute approximate surface area is 131 Å². The fourth-order valence-electron chi connectivity index (χ4n) is 2.74. The molecule has 1 aromatic rings. The normalized spacial score (nSPS) is 14.7. The maximum atomic E-state index is 3.63. The second-order valence-electron chi connectivity index (χ2n) is 7.29. The minimum Gasteiger partial charge on any atom is -0.316 e. The molecular formula is C19H34N2. The molecule has 0 aliphatic heterocycles. The zero-order valence-electron chi connectivity index (χ0n) is 14.9. The summed E-state index contributed by atoms with van der Waals surface area (Å²) in [4.78, 5) is 2.46. The minimum atomic E-state index is 0.340. The summed E-state index contributed by atoms with van der Waals surface area (Å²) in [5.74, 6) is 0.718. The molecule has 0 bridgehead atoms. The lowest BCUT2D eigenvalue weighted by Gasteiger charge is -2.34. The van der Waals surface area contributed by atoms with Gasteiger partial charge in [0.1, 0.15) is 0 Å². The van der Waals surface area contributed by atoms with Crippen LogP contribution in [0.3, 0.4) is 0 Å². The monoisotopic (exact) mass is 290 g/mol. The van der Waals surface area contributed by atoms with Gasteiger partial charge in [0.15, 0.2) is 0 Å². The molecule has 2 heteroatoms. The maximum absolute atomic E-state index is 3.63. The van der Waals surface area contributed by atoms with Gasteiger partial charge >= 0.3 is 0 Å².